The molecule has 0 saturated heterocycles. The Bertz CT molecular complexity index is 3110. The number of benzene rings is 10. The van der Waals surface area contributed by atoms with Crippen molar-refractivity contribution >= 4 is 55.7 Å². The molecule has 11 rings (SSSR count). The minimum absolute atomic E-state index is 0.252. The van der Waals surface area contributed by atoms with E-state index in [1.54, 1.807) is 0 Å². The summed E-state index contributed by atoms with van der Waals surface area (Å²) in [6, 6.07) is 84.0. The molecule has 10 aromatic carbocycles. The smallest absolute Gasteiger partial charge is 0.0540 e. The van der Waals surface area contributed by atoms with Gasteiger partial charge >= 0.3 is 0 Å². The molecule has 0 aromatic heterocycles. The van der Waals surface area contributed by atoms with Crippen molar-refractivity contribution in [3.63, 3.8) is 0 Å². The van der Waals surface area contributed by atoms with Gasteiger partial charge in [-0.1, -0.05) is 184 Å². The second kappa shape index (κ2) is 14.9. The monoisotopic (exact) mass is 780 g/mol. The van der Waals surface area contributed by atoms with Crippen LogP contribution in [0.1, 0.15) is 25.0 Å². The maximum Gasteiger partial charge on any atom is 0.0540 e. The van der Waals surface area contributed by atoms with Crippen LogP contribution < -0.4 is 9.80 Å². The molecule has 0 heterocycles. The molecular formula is C59H44N2. The number of hydrogen-bond donors (Lipinski definition) is 0. The van der Waals surface area contributed by atoms with Crippen molar-refractivity contribution < 1.29 is 0 Å². The Balaban J connectivity index is 0.982. The summed E-state index contributed by atoms with van der Waals surface area (Å²) in [7, 11) is 0. The number of nitrogens with zero attached hydrogens (tertiary/aromatic N) is 2. The number of fused-ring (bicyclic) bond motifs is 5. The lowest BCUT2D eigenvalue weighted by Crippen LogP contribution is -2.18. The fourth-order valence-corrected chi connectivity index (χ4v) is 9.52. The first-order valence-corrected chi connectivity index (χ1v) is 21.2. The van der Waals surface area contributed by atoms with Crippen LogP contribution in [0, 0.1) is 0 Å². The van der Waals surface area contributed by atoms with Gasteiger partial charge in [0, 0.05) is 38.9 Å². The fourth-order valence-electron chi connectivity index (χ4n) is 9.52. The van der Waals surface area contributed by atoms with Crippen molar-refractivity contribution in [2.75, 3.05) is 9.80 Å². The molecule has 0 radical (unpaired) electrons. The van der Waals surface area contributed by atoms with Gasteiger partial charge in [-0.25, -0.2) is 0 Å². The number of anilines is 6. The first kappa shape index (κ1) is 36.4. The van der Waals surface area contributed by atoms with Crippen LogP contribution in [-0.4, -0.2) is 0 Å². The summed E-state index contributed by atoms with van der Waals surface area (Å²) in [5, 5.41) is 4.89. The van der Waals surface area contributed by atoms with Crippen LogP contribution in [0.2, 0.25) is 0 Å². The van der Waals surface area contributed by atoms with Gasteiger partial charge < -0.3 is 9.80 Å². The molecule has 0 bridgehead atoms. The molecule has 1 aliphatic rings. The van der Waals surface area contributed by atoms with Crippen LogP contribution >= 0.6 is 0 Å². The molecule has 61 heavy (non-hydrogen) atoms. The van der Waals surface area contributed by atoms with Crippen molar-refractivity contribution in [3.05, 3.63) is 242 Å². The van der Waals surface area contributed by atoms with Crippen LogP contribution in [-0.2, 0) is 5.41 Å². The van der Waals surface area contributed by atoms with Crippen LogP contribution in [0.15, 0.2) is 231 Å². The Hall–Kier alpha value is -7.68. The lowest BCUT2D eigenvalue weighted by Gasteiger charge is -2.30. The molecule has 1 aliphatic carbocycles. The summed E-state index contributed by atoms with van der Waals surface area (Å²) in [6.07, 6.45) is 0. The van der Waals surface area contributed by atoms with E-state index in [1.165, 1.54) is 77.4 Å². The van der Waals surface area contributed by atoms with E-state index in [1.807, 2.05) is 0 Å². The highest BCUT2D eigenvalue weighted by atomic mass is 15.1. The SMILES string of the molecule is CC1(C)c2cc(N(c3ccccc3)c3ccc(-c4ccc(-c5ccccc5)cc4)cc3)ccc2-c2ccc(N(c3cccc4ccccc34)c3cccc4ccccc34)cc21. The average Bonchev–Trinajstić information content (AvgIpc) is 3.55. The molecule has 0 unspecified atom stereocenters. The quantitative estimate of drug-likeness (QED) is 0.152. The van der Waals surface area contributed by atoms with Crippen molar-refractivity contribution in [1.29, 1.82) is 0 Å². The van der Waals surface area contributed by atoms with Gasteiger partial charge in [0.15, 0.2) is 0 Å². The molecule has 0 atom stereocenters. The Morgan fingerprint density at radius 2 is 0.672 bits per heavy atom. The normalized spacial score (nSPS) is 12.6. The standard InChI is InChI=1S/C59H44N2/c1-59(2)55-39-49(60(47-21-7-4-8-22-47)48-33-31-44(32-34-48)43-29-27-42(28-30-43)41-15-5-3-6-16-41)35-37-53(55)54-38-36-50(40-56(54)59)61(57-25-13-19-45-17-9-11-23-51(45)57)58-26-14-20-46-18-10-12-24-52(46)58/h3-40H,1-2H3. The summed E-state index contributed by atoms with van der Waals surface area (Å²) in [5.74, 6) is 0. The Labute approximate surface area is 358 Å². The van der Waals surface area contributed by atoms with Gasteiger partial charge in [-0.15, -0.1) is 0 Å². The van der Waals surface area contributed by atoms with Gasteiger partial charge in [0.25, 0.3) is 0 Å². The van der Waals surface area contributed by atoms with E-state index in [2.05, 4.69) is 254 Å². The van der Waals surface area contributed by atoms with Gasteiger partial charge in [-0.2, -0.15) is 0 Å². The summed E-state index contributed by atoms with van der Waals surface area (Å²) in [5.41, 5.74) is 16.7. The molecule has 0 spiro atoms. The first-order chi connectivity index (χ1) is 30.0. The second-order valence-corrected chi connectivity index (χ2v) is 16.6. The Morgan fingerprint density at radius 3 is 1.20 bits per heavy atom. The third kappa shape index (κ3) is 6.36. The molecule has 10 aromatic rings. The molecule has 0 amide bonds. The Kier molecular flexibility index (Phi) is 8.86. The van der Waals surface area contributed by atoms with Crippen molar-refractivity contribution in [3.8, 4) is 33.4 Å². The minimum Gasteiger partial charge on any atom is -0.310 e. The van der Waals surface area contributed by atoms with Gasteiger partial charge in [0.1, 0.15) is 0 Å². The summed E-state index contributed by atoms with van der Waals surface area (Å²) < 4.78 is 0. The van der Waals surface area contributed by atoms with Crippen LogP contribution in [0.4, 0.5) is 34.1 Å². The highest BCUT2D eigenvalue weighted by Crippen LogP contribution is 2.53. The molecular weight excluding hydrogens is 737 g/mol. The number of hydrogen-bond acceptors (Lipinski definition) is 2. The van der Waals surface area contributed by atoms with Crippen molar-refractivity contribution in [1.82, 2.24) is 0 Å². The molecule has 0 saturated carbocycles. The maximum atomic E-state index is 2.47. The predicted molar refractivity (Wildman–Crippen MR) is 259 cm³/mol. The molecule has 0 N–H and O–H groups in total. The summed E-state index contributed by atoms with van der Waals surface area (Å²) in [6.45, 7) is 4.77. The highest BCUT2D eigenvalue weighted by Gasteiger charge is 2.37. The largest absolute Gasteiger partial charge is 0.310 e. The van der Waals surface area contributed by atoms with E-state index >= 15 is 0 Å². The minimum atomic E-state index is -0.252. The predicted octanol–water partition coefficient (Wildman–Crippen LogP) is 16.6. The molecule has 2 heteroatoms. The second-order valence-electron chi connectivity index (χ2n) is 16.6. The van der Waals surface area contributed by atoms with Gasteiger partial charge in [0.05, 0.1) is 11.4 Å². The number of rotatable bonds is 8. The van der Waals surface area contributed by atoms with Gasteiger partial charge in [0.2, 0.25) is 0 Å². The zero-order chi connectivity index (χ0) is 40.9. The lowest BCUT2D eigenvalue weighted by molar-refractivity contribution is 0.660. The highest BCUT2D eigenvalue weighted by molar-refractivity contribution is 6.05. The third-order valence-corrected chi connectivity index (χ3v) is 12.6. The van der Waals surface area contributed by atoms with Crippen LogP contribution in [0.3, 0.4) is 0 Å². The van der Waals surface area contributed by atoms with E-state index in [0.29, 0.717) is 0 Å². The zero-order valence-electron chi connectivity index (χ0n) is 34.3. The van der Waals surface area contributed by atoms with Gasteiger partial charge in [-0.3, -0.25) is 0 Å². The first-order valence-electron chi connectivity index (χ1n) is 21.2. The van der Waals surface area contributed by atoms with E-state index in [-0.39, 0.29) is 5.41 Å². The van der Waals surface area contributed by atoms with Crippen LogP contribution in [0.25, 0.3) is 54.9 Å². The average molecular weight is 781 g/mol. The fraction of sp³-hybridized carbons (Fsp3) is 0.0508. The van der Waals surface area contributed by atoms with E-state index in [4.69, 9.17) is 0 Å². The Morgan fingerprint density at radius 1 is 0.295 bits per heavy atom. The molecule has 290 valence electrons. The van der Waals surface area contributed by atoms with Crippen molar-refractivity contribution in [2.24, 2.45) is 0 Å². The zero-order valence-corrected chi connectivity index (χ0v) is 34.3. The number of para-hydroxylation sites is 1. The van der Waals surface area contributed by atoms with E-state index in [0.717, 1.165) is 22.7 Å². The van der Waals surface area contributed by atoms with Crippen LogP contribution in [0.5, 0.6) is 0 Å². The molecule has 0 fully saturated rings. The topological polar surface area (TPSA) is 6.48 Å². The molecule has 0 aliphatic heterocycles. The van der Waals surface area contributed by atoms with E-state index < -0.39 is 0 Å². The lowest BCUT2D eigenvalue weighted by atomic mass is 9.82. The third-order valence-electron chi connectivity index (χ3n) is 12.6. The summed E-state index contributed by atoms with van der Waals surface area (Å²) >= 11 is 0. The van der Waals surface area contributed by atoms with E-state index in [9.17, 15) is 0 Å². The van der Waals surface area contributed by atoms with Gasteiger partial charge in [-0.05, 0) is 116 Å². The van der Waals surface area contributed by atoms with Crippen molar-refractivity contribution in [2.45, 2.75) is 19.3 Å². The summed E-state index contributed by atoms with van der Waals surface area (Å²) in [4.78, 5) is 4.85. The maximum absolute atomic E-state index is 2.47. The molecule has 2 nitrogen and oxygen atoms in total.